The molecule has 0 fully saturated rings. The SMILES string of the molecule is CCOC(=O)C1=C(C(=O)OCC)SC(=C2C(=O)c3ccccc3C2[Si](C)(C)C)S1. The fourth-order valence-electron chi connectivity index (χ4n) is 3.57. The van der Waals surface area contributed by atoms with Gasteiger partial charge in [-0.05, 0) is 19.4 Å². The van der Waals surface area contributed by atoms with Gasteiger partial charge in [-0.25, -0.2) is 9.59 Å². The van der Waals surface area contributed by atoms with Crippen molar-refractivity contribution in [1.82, 2.24) is 0 Å². The number of hydrogen-bond acceptors (Lipinski definition) is 7. The van der Waals surface area contributed by atoms with Gasteiger partial charge in [0, 0.05) is 16.7 Å². The summed E-state index contributed by atoms with van der Waals surface area (Å²) < 4.78 is 11.0. The largest absolute Gasteiger partial charge is 0.462 e. The van der Waals surface area contributed by atoms with Crippen molar-refractivity contribution < 1.29 is 23.9 Å². The van der Waals surface area contributed by atoms with E-state index >= 15 is 0 Å². The Balaban J connectivity index is 2.11. The van der Waals surface area contributed by atoms with E-state index in [1.165, 1.54) is 0 Å². The Morgan fingerprint density at radius 1 is 0.966 bits per heavy atom. The van der Waals surface area contributed by atoms with Crippen LogP contribution < -0.4 is 0 Å². The van der Waals surface area contributed by atoms with Crippen LogP contribution in [0.15, 0.2) is 43.9 Å². The lowest BCUT2D eigenvalue weighted by atomic mass is 10.1. The van der Waals surface area contributed by atoms with Gasteiger partial charge in [-0.1, -0.05) is 67.4 Å². The average Bonchev–Trinajstić information content (AvgIpc) is 3.22. The molecule has 8 heteroatoms. The second-order valence-electron chi connectivity index (χ2n) is 7.72. The maximum Gasteiger partial charge on any atom is 0.346 e. The number of hydrogen-bond donors (Lipinski definition) is 0. The molecule has 1 heterocycles. The Hall–Kier alpha value is -1.77. The predicted octanol–water partition coefficient (Wildman–Crippen LogP) is 4.87. The highest BCUT2D eigenvalue weighted by atomic mass is 32.2. The number of rotatable bonds is 5. The highest BCUT2D eigenvalue weighted by Crippen LogP contribution is 2.56. The number of Topliss-reactive ketones (excluding diaryl/α,β-unsaturated/α-hetero) is 1. The molecule has 1 aliphatic heterocycles. The first-order chi connectivity index (χ1) is 13.7. The fraction of sp³-hybridized carbons (Fsp3) is 0.381. The summed E-state index contributed by atoms with van der Waals surface area (Å²) >= 11 is 2.32. The van der Waals surface area contributed by atoms with E-state index in [0.717, 1.165) is 29.1 Å². The number of carbonyl (C=O) groups excluding carboxylic acids is 3. The molecule has 0 radical (unpaired) electrons. The molecule has 3 rings (SSSR count). The van der Waals surface area contributed by atoms with Gasteiger partial charge in [-0.15, -0.1) is 0 Å². The summed E-state index contributed by atoms with van der Waals surface area (Å²) in [6.45, 7) is 10.5. The number of benzene rings is 1. The third kappa shape index (κ3) is 4.11. The molecule has 0 N–H and O–H groups in total. The number of ether oxygens (including phenoxy) is 2. The fourth-order valence-corrected chi connectivity index (χ4v) is 8.67. The molecule has 1 aromatic carbocycles. The van der Waals surface area contributed by atoms with Gasteiger partial charge in [-0.2, -0.15) is 0 Å². The van der Waals surface area contributed by atoms with Crippen LogP contribution in [0.1, 0.15) is 35.3 Å². The van der Waals surface area contributed by atoms with Crippen LogP contribution in [-0.2, 0) is 19.1 Å². The van der Waals surface area contributed by atoms with Gasteiger partial charge in [0.1, 0.15) is 9.81 Å². The second-order valence-corrected chi connectivity index (χ2v) is 15.3. The number of fused-ring (bicyclic) bond motifs is 1. The molecule has 0 saturated heterocycles. The molecule has 1 unspecified atom stereocenters. The summed E-state index contributed by atoms with van der Waals surface area (Å²) in [4.78, 5) is 38.7. The standard InChI is InChI=1S/C21H24O5S2Si/c1-6-25-19(23)16-17(20(24)26-7-2)28-21(27-16)14-15(22)12-10-8-9-11-13(12)18(14)29(3,4)5/h8-11,18H,6-7H2,1-5H3. The van der Waals surface area contributed by atoms with Crippen molar-refractivity contribution in [1.29, 1.82) is 0 Å². The van der Waals surface area contributed by atoms with Gasteiger partial charge in [0.25, 0.3) is 0 Å². The van der Waals surface area contributed by atoms with Crippen LogP contribution in [0.3, 0.4) is 0 Å². The van der Waals surface area contributed by atoms with Crippen molar-refractivity contribution in [3.63, 3.8) is 0 Å². The van der Waals surface area contributed by atoms with Crippen LogP contribution >= 0.6 is 23.5 Å². The first-order valence-electron chi connectivity index (χ1n) is 9.52. The van der Waals surface area contributed by atoms with Crippen molar-refractivity contribution >= 4 is 49.3 Å². The van der Waals surface area contributed by atoms with Gasteiger partial charge >= 0.3 is 11.9 Å². The minimum absolute atomic E-state index is 0.00573. The molecule has 154 valence electrons. The number of thioether (sulfide) groups is 2. The molecule has 1 atom stereocenters. The van der Waals surface area contributed by atoms with Crippen molar-refractivity contribution in [2.45, 2.75) is 39.0 Å². The van der Waals surface area contributed by atoms with Crippen LogP contribution in [0.2, 0.25) is 19.6 Å². The lowest BCUT2D eigenvalue weighted by Crippen LogP contribution is -2.31. The van der Waals surface area contributed by atoms with Crippen molar-refractivity contribution in [2.24, 2.45) is 0 Å². The molecular formula is C21H24O5S2Si. The molecule has 1 aliphatic carbocycles. The van der Waals surface area contributed by atoms with E-state index in [1.54, 1.807) is 13.8 Å². The quantitative estimate of drug-likeness (QED) is 0.361. The van der Waals surface area contributed by atoms with Crippen molar-refractivity contribution in [3.8, 4) is 0 Å². The lowest BCUT2D eigenvalue weighted by Gasteiger charge is -2.27. The number of ketones is 1. The molecular weight excluding hydrogens is 424 g/mol. The Bertz CT molecular complexity index is 911. The van der Waals surface area contributed by atoms with E-state index < -0.39 is 20.0 Å². The molecule has 0 saturated carbocycles. The van der Waals surface area contributed by atoms with Gasteiger partial charge in [0.05, 0.1) is 25.5 Å². The summed E-state index contributed by atoms with van der Waals surface area (Å²) in [5, 5.41) is 0. The minimum Gasteiger partial charge on any atom is -0.462 e. The number of carbonyl (C=O) groups is 3. The maximum atomic E-state index is 13.3. The van der Waals surface area contributed by atoms with Gasteiger partial charge < -0.3 is 9.47 Å². The van der Waals surface area contributed by atoms with E-state index in [1.807, 2.05) is 24.3 Å². The Morgan fingerprint density at radius 2 is 1.48 bits per heavy atom. The summed E-state index contributed by atoms with van der Waals surface area (Å²) in [5.74, 6) is -1.14. The van der Waals surface area contributed by atoms with Crippen LogP contribution in [0, 0.1) is 0 Å². The van der Waals surface area contributed by atoms with E-state index in [4.69, 9.17) is 9.47 Å². The first kappa shape index (κ1) is 21.9. The van der Waals surface area contributed by atoms with Crippen LogP contribution in [-0.4, -0.2) is 39.0 Å². The average molecular weight is 449 g/mol. The minimum atomic E-state index is -1.83. The molecule has 5 nitrogen and oxygen atoms in total. The third-order valence-electron chi connectivity index (χ3n) is 4.65. The Morgan fingerprint density at radius 3 is 1.97 bits per heavy atom. The summed E-state index contributed by atoms with van der Waals surface area (Å²) in [6, 6.07) is 7.69. The normalized spacial score (nSPS) is 18.9. The second kappa shape index (κ2) is 8.53. The van der Waals surface area contributed by atoms with Crippen LogP contribution in [0.5, 0.6) is 0 Å². The van der Waals surface area contributed by atoms with E-state index in [2.05, 4.69) is 19.6 Å². The van der Waals surface area contributed by atoms with Crippen molar-refractivity contribution in [3.05, 3.63) is 55.0 Å². The number of esters is 2. The third-order valence-corrected chi connectivity index (χ3v) is 9.57. The smallest absolute Gasteiger partial charge is 0.346 e. The zero-order valence-corrected chi connectivity index (χ0v) is 19.8. The number of allylic oxidation sites excluding steroid dienone is 1. The highest BCUT2D eigenvalue weighted by molar-refractivity contribution is 8.29. The van der Waals surface area contributed by atoms with Crippen LogP contribution in [0.25, 0.3) is 0 Å². The zero-order valence-electron chi connectivity index (χ0n) is 17.2. The molecule has 2 aliphatic rings. The topological polar surface area (TPSA) is 69.7 Å². The lowest BCUT2D eigenvalue weighted by molar-refractivity contribution is -0.140. The predicted molar refractivity (Wildman–Crippen MR) is 119 cm³/mol. The Kier molecular flexibility index (Phi) is 6.45. The molecule has 0 spiro atoms. The first-order valence-corrected chi connectivity index (χ1v) is 14.7. The van der Waals surface area contributed by atoms with E-state index in [-0.39, 0.29) is 34.3 Å². The highest BCUT2D eigenvalue weighted by Gasteiger charge is 2.46. The summed E-state index contributed by atoms with van der Waals surface area (Å²) in [7, 11) is -1.83. The molecule has 0 amide bonds. The van der Waals surface area contributed by atoms with Gasteiger partial charge in [-0.3, -0.25) is 4.79 Å². The maximum absolute atomic E-state index is 13.3. The zero-order chi connectivity index (χ0) is 21.3. The summed E-state index contributed by atoms with van der Waals surface area (Å²) in [6.07, 6.45) is 0. The van der Waals surface area contributed by atoms with Gasteiger partial charge in [0.15, 0.2) is 5.78 Å². The van der Waals surface area contributed by atoms with Crippen LogP contribution in [0.4, 0.5) is 0 Å². The van der Waals surface area contributed by atoms with E-state index in [0.29, 0.717) is 15.4 Å². The summed E-state index contributed by atoms with van der Waals surface area (Å²) in [5.41, 5.74) is 2.46. The Labute approximate surface area is 180 Å². The molecule has 0 bridgehead atoms. The molecule has 1 aromatic rings. The van der Waals surface area contributed by atoms with E-state index in [9.17, 15) is 14.4 Å². The van der Waals surface area contributed by atoms with Gasteiger partial charge in [0.2, 0.25) is 0 Å². The molecule has 0 aromatic heterocycles. The van der Waals surface area contributed by atoms with Crippen molar-refractivity contribution in [2.75, 3.05) is 13.2 Å². The monoisotopic (exact) mass is 448 g/mol. The molecule has 29 heavy (non-hydrogen) atoms.